The second kappa shape index (κ2) is 11.0. The Kier molecular flexibility index (Phi) is 7.57. The van der Waals surface area contributed by atoms with E-state index < -0.39 is 13.0 Å². The molecule has 2 aliphatic rings. The van der Waals surface area contributed by atoms with E-state index in [0.29, 0.717) is 16.7 Å². The van der Waals surface area contributed by atoms with Gasteiger partial charge in [0.25, 0.3) is 17.5 Å². The van der Waals surface area contributed by atoms with Crippen LogP contribution < -0.4 is 10.1 Å². The Labute approximate surface area is 207 Å². The molecule has 3 aromatic heterocycles. The summed E-state index contributed by atoms with van der Waals surface area (Å²) < 4.78 is 31.6. The fraction of sp³-hybridized carbons (Fsp3) is 0.560. The number of ether oxygens (including phenoxy) is 1. The lowest BCUT2D eigenvalue weighted by Gasteiger charge is -2.30. The summed E-state index contributed by atoms with van der Waals surface area (Å²) in [6.07, 6.45) is 8.26. The predicted molar refractivity (Wildman–Crippen MR) is 130 cm³/mol. The van der Waals surface area contributed by atoms with E-state index in [1.165, 1.54) is 22.6 Å². The first-order chi connectivity index (χ1) is 17.0. The van der Waals surface area contributed by atoms with Crippen LogP contribution >= 0.6 is 11.3 Å². The summed E-state index contributed by atoms with van der Waals surface area (Å²) >= 11 is 1.41. The molecule has 0 radical (unpaired) electrons. The molecule has 7 nitrogen and oxygen atoms in total. The van der Waals surface area contributed by atoms with Crippen LogP contribution in [-0.4, -0.2) is 64.1 Å². The normalized spacial score (nSPS) is 21.1. The number of carbonyl (C=O) groups excluding carboxylic acids is 1. The quantitative estimate of drug-likeness (QED) is 0.499. The van der Waals surface area contributed by atoms with E-state index in [-0.39, 0.29) is 11.9 Å². The lowest BCUT2D eigenvalue weighted by atomic mass is 9.84. The highest BCUT2D eigenvalue weighted by atomic mass is 32.1. The molecule has 10 heteroatoms. The number of fused-ring (bicyclic) bond motifs is 2. The highest BCUT2D eigenvalue weighted by Crippen LogP contribution is 2.30. The SMILES string of the molecule is O=C(N[C@H]1CC[C@H](CCN2CCc3nc(OCC(F)F)sc3CC2)CC1)c1ccn2ncccc12. The van der Waals surface area contributed by atoms with Crippen LogP contribution in [0.15, 0.2) is 30.6 Å². The Balaban J connectivity index is 1.03. The first-order valence-electron chi connectivity index (χ1n) is 12.4. The smallest absolute Gasteiger partial charge is 0.273 e. The molecule has 1 saturated carbocycles. The number of hydrogen-bond donors (Lipinski definition) is 1. The molecular weight excluding hydrogens is 472 g/mol. The van der Waals surface area contributed by atoms with Gasteiger partial charge >= 0.3 is 0 Å². The molecule has 3 aromatic rings. The van der Waals surface area contributed by atoms with Gasteiger partial charge in [-0.3, -0.25) is 4.79 Å². The number of hydrogen-bond acceptors (Lipinski definition) is 6. The van der Waals surface area contributed by atoms with Crippen LogP contribution in [-0.2, 0) is 12.8 Å². The van der Waals surface area contributed by atoms with E-state index in [1.54, 1.807) is 10.7 Å². The summed E-state index contributed by atoms with van der Waals surface area (Å²) in [4.78, 5) is 20.9. The van der Waals surface area contributed by atoms with Gasteiger partial charge in [-0.2, -0.15) is 5.10 Å². The molecule has 188 valence electrons. The minimum absolute atomic E-state index is 0.0163. The molecule has 0 atom stereocenters. The standard InChI is InChI=1S/C25H31F2N5O2S/c26-23(27)16-34-25-30-20-9-13-31(14-10-22(20)35-25)12-7-17-3-5-18(6-4-17)29-24(33)19-8-15-32-21(19)2-1-11-28-32/h1-2,8,11,15,17-18,23H,3-7,9-10,12-14,16H2,(H,29,33)/t17-,18-. The van der Waals surface area contributed by atoms with Gasteiger partial charge in [0.15, 0.2) is 6.61 Å². The average molecular weight is 504 g/mol. The van der Waals surface area contributed by atoms with Crippen molar-refractivity contribution in [2.45, 2.75) is 57.4 Å². The fourth-order valence-electron chi connectivity index (χ4n) is 5.17. The Hall–Kier alpha value is -2.59. The van der Waals surface area contributed by atoms with Crippen molar-refractivity contribution >= 4 is 22.8 Å². The van der Waals surface area contributed by atoms with Crippen LogP contribution in [0.3, 0.4) is 0 Å². The first kappa shape index (κ1) is 24.1. The van der Waals surface area contributed by atoms with Crippen molar-refractivity contribution in [2.24, 2.45) is 5.92 Å². The van der Waals surface area contributed by atoms with Gasteiger partial charge in [0, 0.05) is 42.8 Å². The van der Waals surface area contributed by atoms with E-state index >= 15 is 0 Å². The van der Waals surface area contributed by atoms with Crippen molar-refractivity contribution in [3.05, 3.63) is 46.7 Å². The van der Waals surface area contributed by atoms with Crippen LogP contribution in [0.2, 0.25) is 0 Å². The molecule has 5 rings (SSSR count). The predicted octanol–water partition coefficient (Wildman–Crippen LogP) is 4.21. The second-order valence-corrected chi connectivity index (χ2v) is 10.5. The number of carbonyl (C=O) groups is 1. The molecular formula is C25H31F2N5O2S. The van der Waals surface area contributed by atoms with Gasteiger partial charge in [0.05, 0.1) is 16.8 Å². The molecule has 0 aromatic carbocycles. The highest BCUT2D eigenvalue weighted by Gasteiger charge is 2.25. The largest absolute Gasteiger partial charge is 0.464 e. The van der Waals surface area contributed by atoms with Gasteiger partial charge in [-0.05, 0) is 69.2 Å². The molecule has 1 fully saturated rings. The maximum absolute atomic E-state index is 12.8. The third-order valence-electron chi connectivity index (χ3n) is 7.13. The Morgan fingerprint density at radius 2 is 2.03 bits per heavy atom. The molecule has 1 amide bonds. The summed E-state index contributed by atoms with van der Waals surface area (Å²) in [5.74, 6) is 0.671. The monoisotopic (exact) mass is 503 g/mol. The molecule has 1 aliphatic carbocycles. The minimum atomic E-state index is -2.47. The summed E-state index contributed by atoms with van der Waals surface area (Å²) in [5.41, 5.74) is 2.51. The van der Waals surface area contributed by atoms with Crippen molar-refractivity contribution in [3.63, 3.8) is 0 Å². The number of halogens is 2. The molecule has 1 aliphatic heterocycles. The summed E-state index contributed by atoms with van der Waals surface area (Å²) in [5, 5.41) is 7.83. The zero-order valence-corrected chi connectivity index (χ0v) is 20.5. The molecule has 4 heterocycles. The van der Waals surface area contributed by atoms with E-state index in [1.807, 2.05) is 24.4 Å². The topological polar surface area (TPSA) is 71.8 Å². The Morgan fingerprint density at radius 1 is 1.20 bits per heavy atom. The third-order valence-corrected chi connectivity index (χ3v) is 8.20. The molecule has 0 saturated heterocycles. The highest BCUT2D eigenvalue weighted by molar-refractivity contribution is 7.13. The zero-order chi connectivity index (χ0) is 24.2. The van der Waals surface area contributed by atoms with Gasteiger partial charge in [0.2, 0.25) is 0 Å². The van der Waals surface area contributed by atoms with Gasteiger partial charge in [-0.25, -0.2) is 18.3 Å². The number of rotatable bonds is 8. The number of nitrogens with zero attached hydrogens (tertiary/aromatic N) is 4. The summed E-state index contributed by atoms with van der Waals surface area (Å²) in [6, 6.07) is 5.82. The van der Waals surface area contributed by atoms with Crippen molar-refractivity contribution in [3.8, 4) is 5.19 Å². The minimum Gasteiger partial charge on any atom is -0.464 e. The average Bonchev–Trinajstić information content (AvgIpc) is 3.42. The zero-order valence-electron chi connectivity index (χ0n) is 19.7. The van der Waals surface area contributed by atoms with Crippen LogP contribution in [0.4, 0.5) is 8.78 Å². The van der Waals surface area contributed by atoms with Gasteiger partial charge < -0.3 is 15.0 Å². The van der Waals surface area contributed by atoms with E-state index in [2.05, 4.69) is 20.3 Å². The van der Waals surface area contributed by atoms with Gasteiger partial charge in [0.1, 0.15) is 0 Å². The van der Waals surface area contributed by atoms with E-state index in [0.717, 1.165) is 69.4 Å². The van der Waals surface area contributed by atoms with Gasteiger partial charge in [-0.15, -0.1) is 0 Å². The lowest BCUT2D eigenvalue weighted by molar-refractivity contribution is 0.0816. The number of thiazole rings is 1. The fourth-order valence-corrected chi connectivity index (χ4v) is 6.12. The van der Waals surface area contributed by atoms with Crippen LogP contribution in [0.1, 0.15) is 53.0 Å². The molecule has 35 heavy (non-hydrogen) atoms. The van der Waals surface area contributed by atoms with Crippen molar-refractivity contribution < 1.29 is 18.3 Å². The van der Waals surface area contributed by atoms with Crippen molar-refractivity contribution in [2.75, 3.05) is 26.2 Å². The summed E-state index contributed by atoms with van der Waals surface area (Å²) in [6.45, 7) is 2.38. The van der Waals surface area contributed by atoms with Crippen LogP contribution in [0, 0.1) is 5.92 Å². The molecule has 1 N–H and O–H groups in total. The Bertz CT molecular complexity index is 1120. The van der Waals surface area contributed by atoms with E-state index in [9.17, 15) is 13.6 Å². The third kappa shape index (κ3) is 5.98. The summed E-state index contributed by atoms with van der Waals surface area (Å²) in [7, 11) is 0. The molecule has 0 bridgehead atoms. The van der Waals surface area contributed by atoms with Crippen molar-refractivity contribution in [1.82, 2.24) is 24.8 Å². The molecule has 0 spiro atoms. The van der Waals surface area contributed by atoms with Gasteiger partial charge in [-0.1, -0.05) is 11.3 Å². The maximum atomic E-state index is 12.8. The number of alkyl halides is 2. The number of amides is 1. The number of aromatic nitrogens is 3. The lowest BCUT2D eigenvalue weighted by Crippen LogP contribution is -2.38. The Morgan fingerprint density at radius 3 is 2.86 bits per heavy atom. The number of nitrogens with one attached hydrogen (secondary N) is 1. The molecule has 0 unspecified atom stereocenters. The second-order valence-electron chi connectivity index (χ2n) is 9.46. The van der Waals surface area contributed by atoms with Crippen molar-refractivity contribution in [1.29, 1.82) is 0 Å². The van der Waals surface area contributed by atoms with Crippen LogP contribution in [0.25, 0.3) is 5.52 Å². The first-order valence-corrected chi connectivity index (χ1v) is 13.2. The van der Waals surface area contributed by atoms with E-state index in [4.69, 9.17) is 4.74 Å². The maximum Gasteiger partial charge on any atom is 0.273 e. The van der Waals surface area contributed by atoms with Crippen LogP contribution in [0.5, 0.6) is 5.19 Å².